The van der Waals surface area contributed by atoms with Crippen LogP contribution in [0.4, 0.5) is 9.52 Å². The van der Waals surface area contributed by atoms with Crippen molar-refractivity contribution in [2.45, 2.75) is 12.8 Å². The van der Waals surface area contributed by atoms with E-state index in [-0.39, 0.29) is 5.91 Å². The van der Waals surface area contributed by atoms with Gasteiger partial charge in [-0.25, -0.2) is 9.37 Å². The molecule has 1 aliphatic carbocycles. The van der Waals surface area contributed by atoms with Gasteiger partial charge in [-0.2, -0.15) is 0 Å². The number of aryl methyl sites for hydroxylation is 2. The minimum atomic E-state index is -0.426. The van der Waals surface area contributed by atoms with Crippen LogP contribution in [-0.2, 0) is 12.8 Å². The Bertz CT molecular complexity index is 904. The predicted octanol–water partition coefficient (Wildman–Crippen LogP) is 4.30. The molecule has 0 saturated heterocycles. The Kier molecular flexibility index (Phi) is 3.42. The van der Waals surface area contributed by atoms with Crippen LogP contribution in [0, 0.1) is 5.82 Å². The summed E-state index contributed by atoms with van der Waals surface area (Å²) in [5, 5.41) is 3.33. The van der Waals surface area contributed by atoms with Crippen molar-refractivity contribution in [1.29, 1.82) is 0 Å². The van der Waals surface area contributed by atoms with E-state index in [0.29, 0.717) is 10.7 Å². The molecule has 0 spiro atoms. The minimum Gasteiger partial charge on any atom is -0.298 e. The maximum absolute atomic E-state index is 13.2. The summed E-state index contributed by atoms with van der Waals surface area (Å²) in [6.07, 6.45) is 1.92. The van der Waals surface area contributed by atoms with Crippen molar-refractivity contribution >= 4 is 22.4 Å². The molecule has 114 valence electrons. The number of thiazole rings is 1. The van der Waals surface area contributed by atoms with Crippen molar-refractivity contribution in [2.75, 3.05) is 5.32 Å². The van der Waals surface area contributed by atoms with Gasteiger partial charge in [0.2, 0.25) is 0 Å². The topological polar surface area (TPSA) is 42.0 Å². The molecule has 3 aromatic rings. The van der Waals surface area contributed by atoms with Gasteiger partial charge < -0.3 is 0 Å². The van der Waals surface area contributed by atoms with Crippen molar-refractivity contribution in [1.82, 2.24) is 4.98 Å². The molecule has 0 bridgehead atoms. The first kappa shape index (κ1) is 14.1. The Morgan fingerprint density at radius 1 is 1.13 bits per heavy atom. The number of nitrogens with one attached hydrogen (secondary N) is 1. The molecule has 1 aliphatic rings. The third-order valence-electron chi connectivity index (χ3n) is 3.90. The first-order valence-electron chi connectivity index (χ1n) is 7.35. The Balaban J connectivity index is 1.63. The highest BCUT2D eigenvalue weighted by Gasteiger charge is 2.21. The Hall–Kier alpha value is -2.53. The Morgan fingerprint density at radius 2 is 2.00 bits per heavy atom. The second-order valence-electron chi connectivity index (χ2n) is 5.41. The van der Waals surface area contributed by atoms with E-state index in [1.54, 1.807) is 6.07 Å². The quantitative estimate of drug-likeness (QED) is 0.763. The zero-order valence-electron chi connectivity index (χ0n) is 12.2. The number of carbonyl (C=O) groups excluding carboxylic acids is 1. The molecule has 1 aromatic heterocycles. The van der Waals surface area contributed by atoms with Crippen LogP contribution in [0.1, 0.15) is 20.8 Å². The highest BCUT2D eigenvalue weighted by Crippen LogP contribution is 2.38. The first-order chi connectivity index (χ1) is 11.2. The first-order valence-corrected chi connectivity index (χ1v) is 8.17. The number of halogens is 1. The average Bonchev–Trinajstić information content (AvgIpc) is 2.97. The molecule has 0 fully saturated rings. The largest absolute Gasteiger partial charge is 0.298 e. The van der Waals surface area contributed by atoms with Gasteiger partial charge in [0.25, 0.3) is 5.91 Å². The van der Waals surface area contributed by atoms with Crippen LogP contribution >= 0.6 is 11.3 Å². The van der Waals surface area contributed by atoms with Gasteiger partial charge in [0.1, 0.15) is 5.82 Å². The Morgan fingerprint density at radius 3 is 2.87 bits per heavy atom. The summed E-state index contributed by atoms with van der Waals surface area (Å²) in [7, 11) is 0. The van der Waals surface area contributed by atoms with Gasteiger partial charge >= 0.3 is 0 Å². The molecular formula is C18H13FN2OS. The van der Waals surface area contributed by atoms with Gasteiger partial charge in [-0.15, -0.1) is 11.3 Å². The molecule has 1 amide bonds. The van der Waals surface area contributed by atoms with Crippen molar-refractivity contribution < 1.29 is 9.18 Å². The molecule has 0 unspecified atom stereocenters. The molecule has 5 heteroatoms. The SMILES string of the molecule is O=C(Nc1nc2c(s1)CCc1ccccc1-2)c1cccc(F)c1. The molecule has 1 N–H and O–H groups in total. The summed E-state index contributed by atoms with van der Waals surface area (Å²) < 4.78 is 13.2. The molecule has 4 rings (SSSR count). The van der Waals surface area contributed by atoms with Crippen molar-refractivity contribution in [3.8, 4) is 11.3 Å². The zero-order chi connectivity index (χ0) is 15.8. The zero-order valence-corrected chi connectivity index (χ0v) is 13.0. The molecule has 0 aliphatic heterocycles. The number of hydrogen-bond acceptors (Lipinski definition) is 3. The van der Waals surface area contributed by atoms with Crippen molar-refractivity contribution in [3.63, 3.8) is 0 Å². The van der Waals surface area contributed by atoms with Crippen LogP contribution in [0.2, 0.25) is 0 Å². The molecule has 2 aromatic carbocycles. The number of fused-ring (bicyclic) bond motifs is 3. The van der Waals surface area contributed by atoms with E-state index in [4.69, 9.17) is 0 Å². The number of amides is 1. The lowest BCUT2D eigenvalue weighted by Crippen LogP contribution is -2.11. The van der Waals surface area contributed by atoms with Gasteiger partial charge in [0, 0.05) is 16.0 Å². The number of hydrogen-bond donors (Lipinski definition) is 1. The number of benzene rings is 2. The molecule has 0 radical (unpaired) electrons. The van der Waals surface area contributed by atoms with Gasteiger partial charge in [0.05, 0.1) is 5.69 Å². The van der Waals surface area contributed by atoms with Crippen LogP contribution < -0.4 is 5.32 Å². The lowest BCUT2D eigenvalue weighted by atomic mass is 9.94. The standard InChI is InChI=1S/C18H13FN2OS/c19-13-6-3-5-12(10-13)17(22)21-18-20-16-14-7-2-1-4-11(14)8-9-15(16)23-18/h1-7,10H,8-9H2,(H,20,21,22). The van der Waals surface area contributed by atoms with Gasteiger partial charge in [-0.3, -0.25) is 10.1 Å². The van der Waals surface area contributed by atoms with E-state index in [2.05, 4.69) is 22.4 Å². The van der Waals surface area contributed by atoms with E-state index in [0.717, 1.165) is 24.1 Å². The molecular weight excluding hydrogens is 311 g/mol. The molecule has 3 nitrogen and oxygen atoms in total. The predicted molar refractivity (Wildman–Crippen MR) is 89.3 cm³/mol. The maximum Gasteiger partial charge on any atom is 0.257 e. The average molecular weight is 324 g/mol. The molecule has 0 saturated carbocycles. The van der Waals surface area contributed by atoms with E-state index in [9.17, 15) is 9.18 Å². The number of carbonyl (C=O) groups is 1. The normalized spacial score (nSPS) is 12.4. The minimum absolute atomic E-state index is 0.290. The maximum atomic E-state index is 13.2. The third-order valence-corrected chi connectivity index (χ3v) is 4.93. The lowest BCUT2D eigenvalue weighted by Gasteiger charge is -2.13. The summed E-state index contributed by atoms with van der Waals surface area (Å²) >= 11 is 1.49. The van der Waals surface area contributed by atoms with E-state index >= 15 is 0 Å². The van der Waals surface area contributed by atoms with Gasteiger partial charge in [-0.1, -0.05) is 30.3 Å². The smallest absolute Gasteiger partial charge is 0.257 e. The van der Waals surface area contributed by atoms with Crippen molar-refractivity contribution in [3.05, 3.63) is 70.4 Å². The second-order valence-corrected chi connectivity index (χ2v) is 6.50. The summed E-state index contributed by atoms with van der Waals surface area (Å²) in [6.45, 7) is 0. The summed E-state index contributed by atoms with van der Waals surface area (Å²) in [5.41, 5.74) is 3.66. The van der Waals surface area contributed by atoms with E-state index in [1.165, 1.54) is 40.0 Å². The van der Waals surface area contributed by atoms with Gasteiger partial charge in [-0.05, 0) is 36.6 Å². The van der Waals surface area contributed by atoms with Crippen LogP contribution in [0.15, 0.2) is 48.5 Å². The summed E-state index contributed by atoms with van der Waals surface area (Å²) in [5.74, 6) is -0.770. The van der Waals surface area contributed by atoms with Crippen LogP contribution in [0.3, 0.4) is 0 Å². The van der Waals surface area contributed by atoms with E-state index < -0.39 is 5.82 Å². The summed E-state index contributed by atoms with van der Waals surface area (Å²) in [6, 6.07) is 13.8. The number of anilines is 1. The number of rotatable bonds is 2. The van der Waals surface area contributed by atoms with Crippen LogP contribution in [-0.4, -0.2) is 10.9 Å². The van der Waals surface area contributed by atoms with Gasteiger partial charge in [0.15, 0.2) is 5.13 Å². The summed E-state index contributed by atoms with van der Waals surface area (Å²) in [4.78, 5) is 18.0. The fourth-order valence-electron chi connectivity index (χ4n) is 2.80. The number of nitrogens with zero attached hydrogens (tertiary/aromatic N) is 1. The molecule has 1 heterocycles. The molecule has 0 atom stereocenters. The van der Waals surface area contributed by atoms with Crippen LogP contribution in [0.25, 0.3) is 11.3 Å². The third kappa shape index (κ3) is 2.64. The van der Waals surface area contributed by atoms with Crippen molar-refractivity contribution in [2.24, 2.45) is 0 Å². The highest BCUT2D eigenvalue weighted by atomic mass is 32.1. The van der Waals surface area contributed by atoms with Crippen LogP contribution in [0.5, 0.6) is 0 Å². The Labute approximate surface area is 136 Å². The fourth-order valence-corrected chi connectivity index (χ4v) is 3.77. The monoisotopic (exact) mass is 324 g/mol. The number of aromatic nitrogens is 1. The highest BCUT2D eigenvalue weighted by molar-refractivity contribution is 7.16. The fraction of sp³-hybridized carbons (Fsp3) is 0.111. The molecule has 23 heavy (non-hydrogen) atoms. The van der Waals surface area contributed by atoms with E-state index in [1.807, 2.05) is 12.1 Å². The lowest BCUT2D eigenvalue weighted by molar-refractivity contribution is 0.102. The second kappa shape index (κ2) is 5.59.